The molecule has 4 heteroatoms. The first-order valence-corrected chi connectivity index (χ1v) is 5.19. The maximum atomic E-state index is 11.5. The van der Waals surface area contributed by atoms with E-state index < -0.39 is 0 Å². The lowest BCUT2D eigenvalue weighted by molar-refractivity contribution is 0.0597. The van der Waals surface area contributed by atoms with Gasteiger partial charge >= 0.3 is 5.97 Å². The molecule has 0 atom stereocenters. The van der Waals surface area contributed by atoms with E-state index in [0.717, 1.165) is 5.69 Å². The van der Waals surface area contributed by atoms with Crippen molar-refractivity contribution in [3.63, 3.8) is 0 Å². The van der Waals surface area contributed by atoms with Gasteiger partial charge in [-0.2, -0.15) is 5.10 Å². The third kappa shape index (κ3) is 1.64. The van der Waals surface area contributed by atoms with Gasteiger partial charge in [0.2, 0.25) is 0 Å². The Hall–Kier alpha value is -1.32. The average molecular weight is 208 g/mol. The second-order valence-corrected chi connectivity index (χ2v) is 4.65. The maximum Gasteiger partial charge on any atom is 0.341 e. The molecule has 0 bridgehead atoms. The minimum atomic E-state index is -0.313. The Morgan fingerprint density at radius 1 is 1.60 bits per heavy atom. The van der Waals surface area contributed by atoms with Crippen molar-refractivity contribution in [3.8, 4) is 0 Å². The average Bonchev–Trinajstić information content (AvgIpc) is 2.95. The summed E-state index contributed by atoms with van der Waals surface area (Å²) < 4.78 is 4.73. The normalized spacial score (nSPS) is 16.5. The molecule has 82 valence electrons. The second kappa shape index (κ2) is 3.36. The van der Waals surface area contributed by atoms with Crippen molar-refractivity contribution >= 4 is 5.97 Å². The third-order valence-electron chi connectivity index (χ3n) is 3.29. The molecule has 0 unspecified atom stereocenters. The molecule has 0 saturated heterocycles. The topological polar surface area (TPSA) is 55.0 Å². The summed E-state index contributed by atoms with van der Waals surface area (Å²) in [5.74, 6) is 0.342. The minimum absolute atomic E-state index is 0.0139. The summed E-state index contributed by atoms with van der Waals surface area (Å²) >= 11 is 0. The van der Waals surface area contributed by atoms with Crippen LogP contribution in [0.4, 0.5) is 0 Å². The van der Waals surface area contributed by atoms with Gasteiger partial charge in [-0.05, 0) is 18.8 Å². The number of esters is 1. The van der Waals surface area contributed by atoms with Crippen LogP contribution in [0, 0.1) is 5.92 Å². The molecule has 15 heavy (non-hydrogen) atoms. The Balaban J connectivity index is 2.35. The van der Waals surface area contributed by atoms with E-state index in [1.54, 1.807) is 6.20 Å². The van der Waals surface area contributed by atoms with Gasteiger partial charge in [0.25, 0.3) is 0 Å². The third-order valence-corrected chi connectivity index (χ3v) is 3.29. The highest BCUT2D eigenvalue weighted by molar-refractivity contribution is 5.90. The summed E-state index contributed by atoms with van der Waals surface area (Å²) in [7, 11) is 1.39. The number of ether oxygens (including phenoxy) is 1. The summed E-state index contributed by atoms with van der Waals surface area (Å²) in [5.41, 5.74) is 1.45. The lowest BCUT2D eigenvalue weighted by atomic mass is 9.82. The van der Waals surface area contributed by atoms with E-state index in [2.05, 4.69) is 24.0 Å². The molecule has 1 aliphatic rings. The van der Waals surface area contributed by atoms with Gasteiger partial charge < -0.3 is 4.74 Å². The summed E-state index contributed by atoms with van der Waals surface area (Å²) in [6.07, 6.45) is 4.00. The van der Waals surface area contributed by atoms with Crippen LogP contribution in [0.5, 0.6) is 0 Å². The van der Waals surface area contributed by atoms with Crippen LogP contribution in [0.2, 0.25) is 0 Å². The Morgan fingerprint density at radius 3 is 2.80 bits per heavy atom. The molecule has 1 heterocycles. The van der Waals surface area contributed by atoms with E-state index in [-0.39, 0.29) is 11.4 Å². The quantitative estimate of drug-likeness (QED) is 0.772. The van der Waals surface area contributed by atoms with E-state index in [1.807, 2.05) is 0 Å². The smallest absolute Gasteiger partial charge is 0.341 e. The van der Waals surface area contributed by atoms with Gasteiger partial charge in [0.05, 0.1) is 19.0 Å². The van der Waals surface area contributed by atoms with Gasteiger partial charge in [-0.1, -0.05) is 13.8 Å². The molecule has 0 aliphatic heterocycles. The molecule has 4 nitrogen and oxygen atoms in total. The Morgan fingerprint density at radius 2 is 2.27 bits per heavy atom. The van der Waals surface area contributed by atoms with Crippen LogP contribution in [-0.4, -0.2) is 23.3 Å². The molecule has 1 saturated carbocycles. The first-order chi connectivity index (χ1) is 7.07. The van der Waals surface area contributed by atoms with E-state index in [1.165, 1.54) is 20.0 Å². The van der Waals surface area contributed by atoms with Crippen molar-refractivity contribution in [2.75, 3.05) is 7.11 Å². The monoisotopic (exact) mass is 208 g/mol. The first kappa shape index (κ1) is 10.2. The molecule has 0 radical (unpaired) electrons. The van der Waals surface area contributed by atoms with Crippen molar-refractivity contribution in [1.82, 2.24) is 10.2 Å². The van der Waals surface area contributed by atoms with Crippen molar-refractivity contribution < 1.29 is 9.53 Å². The predicted octanol–water partition coefficient (Wildman–Crippen LogP) is 1.88. The summed E-state index contributed by atoms with van der Waals surface area (Å²) in [6.45, 7) is 4.29. The molecule has 1 aromatic heterocycles. The molecule has 1 N–H and O–H groups in total. The van der Waals surface area contributed by atoms with Crippen LogP contribution in [0.1, 0.15) is 42.7 Å². The number of carbonyl (C=O) groups is 1. The van der Waals surface area contributed by atoms with Crippen LogP contribution in [0.25, 0.3) is 0 Å². The molecule has 1 aromatic rings. The number of H-pyrrole nitrogens is 1. The number of aromatic amines is 1. The standard InChI is InChI=1S/C11H16N2O2/c1-11(2,7-4-5-7)9-8(6-12-13-9)10(14)15-3/h6-7H,4-5H2,1-3H3,(H,12,13). The maximum absolute atomic E-state index is 11.5. The molecular weight excluding hydrogens is 192 g/mol. The van der Waals surface area contributed by atoms with Crippen LogP contribution in [0.3, 0.4) is 0 Å². The lowest BCUT2D eigenvalue weighted by Gasteiger charge is -2.23. The number of hydrogen-bond donors (Lipinski definition) is 1. The van der Waals surface area contributed by atoms with Crippen molar-refractivity contribution in [1.29, 1.82) is 0 Å². The fourth-order valence-electron chi connectivity index (χ4n) is 2.05. The lowest BCUT2D eigenvalue weighted by Crippen LogP contribution is -2.23. The first-order valence-electron chi connectivity index (χ1n) is 5.19. The number of carbonyl (C=O) groups excluding carboxylic acids is 1. The summed E-state index contributed by atoms with van der Waals surface area (Å²) in [4.78, 5) is 11.5. The van der Waals surface area contributed by atoms with Gasteiger partial charge in [0, 0.05) is 5.41 Å². The van der Waals surface area contributed by atoms with E-state index >= 15 is 0 Å². The zero-order valence-corrected chi connectivity index (χ0v) is 9.33. The van der Waals surface area contributed by atoms with E-state index in [9.17, 15) is 4.79 Å². The van der Waals surface area contributed by atoms with Crippen molar-refractivity contribution in [3.05, 3.63) is 17.5 Å². The van der Waals surface area contributed by atoms with Crippen molar-refractivity contribution in [2.24, 2.45) is 5.92 Å². The van der Waals surface area contributed by atoms with E-state index in [0.29, 0.717) is 11.5 Å². The molecule has 0 amide bonds. The van der Waals surface area contributed by atoms with Gasteiger partial charge in [-0.15, -0.1) is 0 Å². The van der Waals surface area contributed by atoms with Crippen LogP contribution in [0.15, 0.2) is 6.20 Å². The Kier molecular flexibility index (Phi) is 2.29. The fraction of sp³-hybridized carbons (Fsp3) is 0.636. The summed E-state index contributed by atoms with van der Waals surface area (Å²) in [5, 5.41) is 6.87. The second-order valence-electron chi connectivity index (χ2n) is 4.65. The summed E-state index contributed by atoms with van der Waals surface area (Å²) in [6, 6.07) is 0. The Bertz CT molecular complexity index is 378. The zero-order valence-electron chi connectivity index (χ0n) is 9.33. The molecule has 1 aliphatic carbocycles. The number of nitrogens with one attached hydrogen (secondary N) is 1. The number of aromatic nitrogens is 2. The van der Waals surface area contributed by atoms with Crippen LogP contribution in [-0.2, 0) is 10.2 Å². The molecular formula is C11H16N2O2. The number of methoxy groups -OCH3 is 1. The molecule has 0 spiro atoms. The van der Waals surface area contributed by atoms with Gasteiger partial charge in [-0.3, -0.25) is 5.10 Å². The van der Waals surface area contributed by atoms with Crippen LogP contribution >= 0.6 is 0 Å². The highest BCUT2D eigenvalue weighted by atomic mass is 16.5. The highest BCUT2D eigenvalue weighted by Crippen LogP contribution is 2.47. The van der Waals surface area contributed by atoms with E-state index in [4.69, 9.17) is 4.74 Å². The Labute approximate surface area is 89.0 Å². The molecule has 1 fully saturated rings. The zero-order chi connectivity index (χ0) is 11.1. The van der Waals surface area contributed by atoms with Crippen LogP contribution < -0.4 is 0 Å². The predicted molar refractivity (Wildman–Crippen MR) is 55.7 cm³/mol. The largest absolute Gasteiger partial charge is 0.465 e. The minimum Gasteiger partial charge on any atom is -0.465 e. The van der Waals surface area contributed by atoms with Gasteiger partial charge in [0.15, 0.2) is 0 Å². The van der Waals surface area contributed by atoms with Gasteiger partial charge in [-0.25, -0.2) is 4.79 Å². The fourth-order valence-corrected chi connectivity index (χ4v) is 2.05. The van der Waals surface area contributed by atoms with Gasteiger partial charge in [0.1, 0.15) is 5.56 Å². The number of nitrogens with zero attached hydrogens (tertiary/aromatic N) is 1. The SMILES string of the molecule is COC(=O)c1cn[nH]c1C(C)(C)C1CC1. The molecule has 2 rings (SSSR count). The molecule has 0 aromatic carbocycles. The number of hydrogen-bond acceptors (Lipinski definition) is 3. The van der Waals surface area contributed by atoms with Crippen molar-refractivity contribution in [2.45, 2.75) is 32.1 Å². The highest BCUT2D eigenvalue weighted by Gasteiger charge is 2.42. The number of rotatable bonds is 3.